The molecule has 0 spiro atoms. The van der Waals surface area contributed by atoms with Crippen LogP contribution < -0.4 is 5.73 Å². The zero-order valence-electron chi connectivity index (χ0n) is 7.17. The summed E-state index contributed by atoms with van der Waals surface area (Å²) >= 11 is 0. The second kappa shape index (κ2) is 3.77. The Morgan fingerprint density at radius 1 is 1.43 bits per heavy atom. The van der Waals surface area contributed by atoms with Gasteiger partial charge < -0.3 is 10.8 Å². The van der Waals surface area contributed by atoms with Crippen molar-refractivity contribution in [1.29, 1.82) is 0 Å². The number of rotatable bonds is 3. The van der Waals surface area contributed by atoms with Gasteiger partial charge in [-0.05, 0) is 18.2 Å². The van der Waals surface area contributed by atoms with Gasteiger partial charge in [-0.2, -0.15) is 0 Å². The molecule has 0 fully saturated rings. The summed E-state index contributed by atoms with van der Waals surface area (Å²) in [7, 11) is -3.54. The summed E-state index contributed by atoms with van der Waals surface area (Å²) in [6, 6.07) is 5.09. The summed E-state index contributed by atoms with van der Waals surface area (Å²) in [5.41, 5.74) is 4.96. The molecule has 14 heavy (non-hydrogen) atoms. The first-order chi connectivity index (χ1) is 6.47. The van der Waals surface area contributed by atoms with Crippen LogP contribution in [0.3, 0.4) is 0 Å². The third-order valence-electron chi connectivity index (χ3n) is 1.66. The van der Waals surface area contributed by atoms with Gasteiger partial charge in [-0.3, -0.25) is 0 Å². The van der Waals surface area contributed by atoms with E-state index in [1.54, 1.807) is 0 Å². The Balaban J connectivity index is 3.26. The van der Waals surface area contributed by atoms with Crippen LogP contribution >= 0.6 is 0 Å². The zero-order chi connectivity index (χ0) is 10.8. The van der Waals surface area contributed by atoms with Gasteiger partial charge in [0.05, 0.1) is 10.5 Å². The van der Waals surface area contributed by atoms with Crippen molar-refractivity contribution in [3.8, 4) is 0 Å². The van der Waals surface area contributed by atoms with Crippen molar-refractivity contribution < 1.29 is 18.3 Å². The minimum atomic E-state index is -3.54. The zero-order valence-corrected chi connectivity index (χ0v) is 7.99. The van der Waals surface area contributed by atoms with Gasteiger partial charge in [-0.1, -0.05) is 6.07 Å². The smallest absolute Gasteiger partial charge is 0.335 e. The van der Waals surface area contributed by atoms with Crippen molar-refractivity contribution in [1.82, 2.24) is 0 Å². The summed E-state index contributed by atoms with van der Waals surface area (Å²) in [4.78, 5) is 10.5. The highest BCUT2D eigenvalue weighted by Crippen LogP contribution is 2.12. The van der Waals surface area contributed by atoms with Crippen LogP contribution in [0.25, 0.3) is 0 Å². The Labute approximate surface area is 81.1 Å². The highest BCUT2D eigenvalue weighted by molar-refractivity contribution is 7.91. The lowest BCUT2D eigenvalue weighted by Crippen LogP contribution is -2.14. The van der Waals surface area contributed by atoms with Crippen LogP contribution in [0.4, 0.5) is 0 Å². The third kappa shape index (κ3) is 2.09. The molecule has 0 bridgehead atoms. The summed E-state index contributed by atoms with van der Waals surface area (Å²) in [5.74, 6) is -1.70. The first-order valence-corrected chi connectivity index (χ1v) is 5.39. The van der Waals surface area contributed by atoms with E-state index in [-0.39, 0.29) is 10.5 Å². The van der Waals surface area contributed by atoms with Gasteiger partial charge in [0.1, 0.15) is 5.88 Å². The van der Waals surface area contributed by atoms with Crippen molar-refractivity contribution in [2.45, 2.75) is 4.90 Å². The van der Waals surface area contributed by atoms with Crippen molar-refractivity contribution in [2.75, 3.05) is 5.88 Å². The van der Waals surface area contributed by atoms with Crippen molar-refractivity contribution in [2.24, 2.45) is 5.73 Å². The maximum absolute atomic E-state index is 11.3. The SMILES string of the molecule is NCS(=O)(=O)c1cccc(C(=O)O)c1. The summed E-state index contributed by atoms with van der Waals surface area (Å²) in [6.07, 6.45) is 0. The van der Waals surface area contributed by atoms with Gasteiger partial charge in [0.15, 0.2) is 9.84 Å². The van der Waals surface area contributed by atoms with Gasteiger partial charge >= 0.3 is 5.97 Å². The number of aromatic carboxylic acids is 1. The molecule has 0 saturated heterocycles. The number of carboxylic acids is 1. The van der Waals surface area contributed by atoms with Crippen LogP contribution in [-0.4, -0.2) is 25.4 Å². The van der Waals surface area contributed by atoms with Crippen LogP contribution in [0.5, 0.6) is 0 Å². The Morgan fingerprint density at radius 3 is 2.57 bits per heavy atom. The maximum Gasteiger partial charge on any atom is 0.335 e. The molecule has 0 aliphatic carbocycles. The molecule has 0 heterocycles. The average molecular weight is 215 g/mol. The number of hydrogen-bond donors (Lipinski definition) is 2. The van der Waals surface area contributed by atoms with Crippen LogP contribution in [0.15, 0.2) is 29.2 Å². The van der Waals surface area contributed by atoms with E-state index in [4.69, 9.17) is 10.8 Å². The molecule has 0 amide bonds. The average Bonchev–Trinajstić information content (AvgIpc) is 2.18. The molecule has 76 valence electrons. The van der Waals surface area contributed by atoms with Crippen LogP contribution in [-0.2, 0) is 9.84 Å². The molecule has 0 saturated carbocycles. The van der Waals surface area contributed by atoms with E-state index >= 15 is 0 Å². The molecular weight excluding hydrogens is 206 g/mol. The van der Waals surface area contributed by atoms with E-state index in [2.05, 4.69) is 0 Å². The fourth-order valence-corrected chi connectivity index (χ4v) is 1.70. The molecule has 1 aromatic carbocycles. The lowest BCUT2D eigenvalue weighted by Gasteiger charge is -2.01. The summed E-state index contributed by atoms with van der Waals surface area (Å²) < 4.78 is 22.5. The van der Waals surface area contributed by atoms with E-state index < -0.39 is 21.7 Å². The van der Waals surface area contributed by atoms with E-state index in [9.17, 15) is 13.2 Å². The summed E-state index contributed by atoms with van der Waals surface area (Å²) in [5, 5.41) is 8.62. The first-order valence-electron chi connectivity index (χ1n) is 3.73. The van der Waals surface area contributed by atoms with Gasteiger partial charge in [0, 0.05) is 0 Å². The third-order valence-corrected chi connectivity index (χ3v) is 3.07. The van der Waals surface area contributed by atoms with Gasteiger partial charge in [-0.15, -0.1) is 0 Å². The Hall–Kier alpha value is -1.40. The topological polar surface area (TPSA) is 97.5 Å². The molecule has 0 aliphatic rings. The van der Waals surface area contributed by atoms with Gasteiger partial charge in [0.2, 0.25) is 0 Å². The minimum Gasteiger partial charge on any atom is -0.478 e. The van der Waals surface area contributed by atoms with E-state index in [1.165, 1.54) is 18.2 Å². The lowest BCUT2D eigenvalue weighted by atomic mass is 10.2. The van der Waals surface area contributed by atoms with Crippen LogP contribution in [0.1, 0.15) is 10.4 Å². The van der Waals surface area contributed by atoms with Crippen molar-refractivity contribution in [3.05, 3.63) is 29.8 Å². The minimum absolute atomic E-state index is 0.0695. The second-order valence-corrected chi connectivity index (χ2v) is 4.65. The monoisotopic (exact) mass is 215 g/mol. The van der Waals surface area contributed by atoms with Crippen LogP contribution in [0, 0.1) is 0 Å². The molecule has 0 radical (unpaired) electrons. The Morgan fingerprint density at radius 2 is 2.07 bits per heavy atom. The van der Waals surface area contributed by atoms with E-state index in [1.807, 2.05) is 0 Å². The second-order valence-electron chi connectivity index (χ2n) is 2.61. The van der Waals surface area contributed by atoms with Crippen molar-refractivity contribution in [3.63, 3.8) is 0 Å². The molecule has 6 heteroatoms. The molecule has 5 nitrogen and oxygen atoms in total. The lowest BCUT2D eigenvalue weighted by molar-refractivity contribution is 0.0696. The number of nitrogens with two attached hydrogens (primary N) is 1. The van der Waals surface area contributed by atoms with Gasteiger partial charge in [0.25, 0.3) is 0 Å². The molecule has 1 aromatic rings. The largest absolute Gasteiger partial charge is 0.478 e. The van der Waals surface area contributed by atoms with E-state index in [0.717, 1.165) is 6.07 Å². The fraction of sp³-hybridized carbons (Fsp3) is 0.125. The number of carbonyl (C=O) groups is 1. The molecule has 1 rings (SSSR count). The summed E-state index contributed by atoms with van der Waals surface area (Å²) in [6.45, 7) is 0. The van der Waals surface area contributed by atoms with Gasteiger partial charge in [-0.25, -0.2) is 13.2 Å². The molecule has 0 aliphatic heterocycles. The Bertz CT molecular complexity index is 452. The highest BCUT2D eigenvalue weighted by atomic mass is 32.2. The number of benzene rings is 1. The van der Waals surface area contributed by atoms with Crippen molar-refractivity contribution >= 4 is 15.8 Å². The van der Waals surface area contributed by atoms with E-state index in [0.29, 0.717) is 0 Å². The van der Waals surface area contributed by atoms with Crippen LogP contribution in [0.2, 0.25) is 0 Å². The maximum atomic E-state index is 11.3. The molecule has 0 aromatic heterocycles. The number of sulfone groups is 1. The Kier molecular flexibility index (Phi) is 2.87. The molecule has 3 N–H and O–H groups in total. The quantitative estimate of drug-likeness (QED) is 0.743. The first kappa shape index (κ1) is 10.7. The molecular formula is C8H9NO4S. The molecule has 0 unspecified atom stereocenters. The number of carboxylic acid groups (broad SMARTS) is 1. The standard InChI is InChI=1S/C8H9NO4S/c9-5-14(12,13)7-3-1-2-6(4-7)8(10)11/h1-4H,5,9H2,(H,10,11). The predicted molar refractivity (Wildman–Crippen MR) is 49.6 cm³/mol. The molecule has 0 atom stereocenters. The fourth-order valence-electron chi connectivity index (χ4n) is 0.919. The predicted octanol–water partition coefficient (Wildman–Crippen LogP) is 0.0747. The number of hydrogen-bond acceptors (Lipinski definition) is 4. The normalized spacial score (nSPS) is 11.2. The highest BCUT2D eigenvalue weighted by Gasteiger charge is 2.13.